The standard InChI is InChI=1S/C24H29N3O5/c1-31-21-8-4-7-14-17-11-27(10-9-18(17)25-22(14)21)24(30)16-6-3-2-5-15(16)23(29)26-19-12-32-13-20(19)28/h4,7-8,15-16,19,25H,2-3,5-6,9-13H2,1H3,(H,26,29)/t15-,16-,19?/m1/s1. The summed E-state index contributed by atoms with van der Waals surface area (Å²) in [6.45, 7) is 1.42. The highest BCUT2D eigenvalue weighted by Crippen LogP contribution is 2.36. The van der Waals surface area contributed by atoms with Gasteiger partial charge in [0, 0.05) is 48.0 Å². The first-order chi connectivity index (χ1) is 15.6. The van der Waals surface area contributed by atoms with Gasteiger partial charge in [0.05, 0.1) is 19.2 Å². The molecule has 170 valence electrons. The van der Waals surface area contributed by atoms with E-state index < -0.39 is 12.0 Å². The molecule has 2 amide bonds. The lowest BCUT2D eigenvalue weighted by atomic mass is 9.77. The Morgan fingerprint density at radius 2 is 2.03 bits per heavy atom. The van der Waals surface area contributed by atoms with Crippen molar-refractivity contribution in [3.63, 3.8) is 0 Å². The molecule has 1 saturated carbocycles. The second kappa shape index (κ2) is 8.58. The Balaban J connectivity index is 1.34. The number of carbonyl (C=O) groups excluding carboxylic acids is 3. The minimum absolute atomic E-state index is 0.0433. The summed E-state index contributed by atoms with van der Waals surface area (Å²) in [5.41, 5.74) is 3.24. The lowest BCUT2D eigenvalue weighted by molar-refractivity contribution is -0.144. The second-order valence-electron chi connectivity index (χ2n) is 9.01. The number of hydrogen-bond donors (Lipinski definition) is 2. The average Bonchev–Trinajstić information content (AvgIpc) is 3.40. The van der Waals surface area contributed by atoms with Gasteiger partial charge in [0.2, 0.25) is 11.8 Å². The molecule has 0 radical (unpaired) electrons. The molecule has 5 rings (SSSR count). The number of rotatable bonds is 4. The highest BCUT2D eigenvalue weighted by Gasteiger charge is 2.40. The summed E-state index contributed by atoms with van der Waals surface area (Å²) >= 11 is 0. The monoisotopic (exact) mass is 439 g/mol. The number of Topliss-reactive ketones (excluding diaryl/α,β-unsaturated/α-hetero) is 1. The number of nitrogens with one attached hydrogen (secondary N) is 2. The number of aromatic nitrogens is 1. The maximum atomic E-state index is 13.6. The van der Waals surface area contributed by atoms with Gasteiger partial charge in [0.15, 0.2) is 5.78 Å². The van der Waals surface area contributed by atoms with Gasteiger partial charge in [0.25, 0.3) is 0 Å². The predicted octanol–water partition coefficient (Wildman–Crippen LogP) is 1.95. The molecule has 3 aliphatic rings. The van der Waals surface area contributed by atoms with Crippen molar-refractivity contribution in [3.8, 4) is 5.75 Å². The molecule has 3 atom stereocenters. The fraction of sp³-hybridized carbons (Fsp3) is 0.542. The summed E-state index contributed by atoms with van der Waals surface area (Å²) in [4.78, 5) is 43.8. The maximum absolute atomic E-state index is 13.6. The van der Waals surface area contributed by atoms with E-state index in [4.69, 9.17) is 9.47 Å². The Morgan fingerprint density at radius 1 is 1.22 bits per heavy atom. The van der Waals surface area contributed by atoms with Gasteiger partial charge in [-0.05, 0) is 18.9 Å². The molecule has 32 heavy (non-hydrogen) atoms. The van der Waals surface area contributed by atoms with Gasteiger partial charge in [-0.25, -0.2) is 0 Å². The zero-order valence-electron chi connectivity index (χ0n) is 18.3. The molecule has 1 aromatic carbocycles. The van der Waals surface area contributed by atoms with Crippen molar-refractivity contribution in [1.82, 2.24) is 15.2 Å². The normalized spacial score (nSPS) is 25.6. The largest absolute Gasteiger partial charge is 0.495 e. The highest BCUT2D eigenvalue weighted by molar-refractivity contribution is 5.94. The third-order valence-corrected chi connectivity index (χ3v) is 7.16. The third kappa shape index (κ3) is 3.66. The van der Waals surface area contributed by atoms with Crippen molar-refractivity contribution in [2.24, 2.45) is 11.8 Å². The van der Waals surface area contributed by atoms with E-state index in [1.165, 1.54) is 0 Å². The van der Waals surface area contributed by atoms with Gasteiger partial charge in [-0.15, -0.1) is 0 Å². The Kier molecular flexibility index (Phi) is 5.63. The lowest BCUT2D eigenvalue weighted by Crippen LogP contribution is -2.49. The molecule has 8 heteroatoms. The average molecular weight is 440 g/mol. The number of ketones is 1. The van der Waals surface area contributed by atoms with Crippen LogP contribution in [0.25, 0.3) is 10.9 Å². The molecule has 8 nitrogen and oxygen atoms in total. The summed E-state index contributed by atoms with van der Waals surface area (Å²) in [6, 6.07) is 5.36. The van der Waals surface area contributed by atoms with E-state index >= 15 is 0 Å². The van der Waals surface area contributed by atoms with Crippen LogP contribution in [0, 0.1) is 11.8 Å². The van der Waals surface area contributed by atoms with Gasteiger partial charge in [-0.3, -0.25) is 14.4 Å². The molecule has 1 saturated heterocycles. The van der Waals surface area contributed by atoms with Crippen molar-refractivity contribution in [2.45, 2.75) is 44.7 Å². The number of amides is 2. The van der Waals surface area contributed by atoms with Crippen LogP contribution in [0.5, 0.6) is 5.75 Å². The Hall–Kier alpha value is -2.87. The van der Waals surface area contributed by atoms with Crippen LogP contribution in [0.1, 0.15) is 36.9 Å². The van der Waals surface area contributed by atoms with E-state index in [0.717, 1.165) is 47.2 Å². The van der Waals surface area contributed by atoms with Gasteiger partial charge >= 0.3 is 0 Å². The Morgan fingerprint density at radius 3 is 2.78 bits per heavy atom. The summed E-state index contributed by atoms with van der Waals surface area (Å²) in [5.74, 6) is -0.195. The minimum Gasteiger partial charge on any atom is -0.495 e. The first-order valence-electron chi connectivity index (χ1n) is 11.4. The number of aromatic amines is 1. The lowest BCUT2D eigenvalue weighted by Gasteiger charge is -2.36. The zero-order valence-corrected chi connectivity index (χ0v) is 18.3. The fourth-order valence-electron chi connectivity index (χ4n) is 5.42. The topological polar surface area (TPSA) is 101 Å². The van der Waals surface area contributed by atoms with Gasteiger partial charge in [-0.1, -0.05) is 25.0 Å². The Labute approximate surface area is 186 Å². The Bertz CT molecular complexity index is 1060. The third-order valence-electron chi connectivity index (χ3n) is 7.16. The predicted molar refractivity (Wildman–Crippen MR) is 117 cm³/mol. The highest BCUT2D eigenvalue weighted by atomic mass is 16.5. The number of H-pyrrole nitrogens is 1. The van der Waals surface area contributed by atoms with E-state index in [0.29, 0.717) is 25.9 Å². The second-order valence-corrected chi connectivity index (χ2v) is 9.01. The molecule has 2 aromatic rings. The van der Waals surface area contributed by atoms with E-state index in [1.807, 2.05) is 17.0 Å². The number of fused-ring (bicyclic) bond motifs is 3. The summed E-state index contributed by atoms with van der Waals surface area (Å²) in [6.07, 6.45) is 3.99. The van der Waals surface area contributed by atoms with Crippen LogP contribution in [0.2, 0.25) is 0 Å². The number of ether oxygens (including phenoxy) is 2. The number of para-hydroxylation sites is 1. The van der Waals surface area contributed by atoms with Gasteiger partial charge in [-0.2, -0.15) is 0 Å². The van der Waals surface area contributed by atoms with Crippen molar-refractivity contribution in [2.75, 3.05) is 26.9 Å². The smallest absolute Gasteiger partial charge is 0.226 e. The molecular formula is C24H29N3O5. The van der Waals surface area contributed by atoms with Crippen LogP contribution in [0.4, 0.5) is 0 Å². The molecule has 3 heterocycles. The molecule has 1 aliphatic carbocycles. The molecule has 0 spiro atoms. The number of hydrogen-bond acceptors (Lipinski definition) is 5. The summed E-state index contributed by atoms with van der Waals surface area (Å²) in [7, 11) is 1.66. The van der Waals surface area contributed by atoms with Crippen LogP contribution >= 0.6 is 0 Å². The van der Waals surface area contributed by atoms with Crippen LogP contribution in [0.15, 0.2) is 18.2 Å². The summed E-state index contributed by atoms with van der Waals surface area (Å²) in [5, 5.41) is 3.91. The number of carbonyl (C=O) groups is 3. The molecule has 2 fully saturated rings. The van der Waals surface area contributed by atoms with Crippen LogP contribution in [0.3, 0.4) is 0 Å². The van der Waals surface area contributed by atoms with Gasteiger partial charge < -0.3 is 24.7 Å². The van der Waals surface area contributed by atoms with E-state index in [2.05, 4.69) is 16.4 Å². The molecule has 0 bridgehead atoms. The van der Waals surface area contributed by atoms with Crippen molar-refractivity contribution < 1.29 is 23.9 Å². The number of methoxy groups -OCH3 is 1. The molecule has 1 aromatic heterocycles. The van der Waals surface area contributed by atoms with Crippen LogP contribution < -0.4 is 10.1 Å². The number of nitrogens with zero attached hydrogens (tertiary/aromatic N) is 1. The maximum Gasteiger partial charge on any atom is 0.226 e. The van der Waals surface area contributed by atoms with E-state index in [-0.39, 0.29) is 36.7 Å². The fourth-order valence-corrected chi connectivity index (χ4v) is 5.42. The number of benzene rings is 1. The van der Waals surface area contributed by atoms with Crippen molar-refractivity contribution in [3.05, 3.63) is 29.5 Å². The van der Waals surface area contributed by atoms with Crippen molar-refractivity contribution >= 4 is 28.5 Å². The quantitative estimate of drug-likeness (QED) is 0.759. The minimum atomic E-state index is -0.584. The zero-order chi connectivity index (χ0) is 22.2. The van der Waals surface area contributed by atoms with E-state index in [1.54, 1.807) is 7.11 Å². The van der Waals surface area contributed by atoms with Crippen molar-refractivity contribution in [1.29, 1.82) is 0 Å². The molecular weight excluding hydrogens is 410 g/mol. The SMILES string of the molecule is COc1cccc2c3c([nH]c12)CCN(C(=O)[C@@H]1CCCC[C@H]1C(=O)NC1COCC1=O)C3. The van der Waals surface area contributed by atoms with Crippen LogP contribution in [-0.2, 0) is 32.1 Å². The van der Waals surface area contributed by atoms with E-state index in [9.17, 15) is 14.4 Å². The molecule has 2 N–H and O–H groups in total. The summed E-state index contributed by atoms with van der Waals surface area (Å²) < 4.78 is 10.6. The van der Waals surface area contributed by atoms with Gasteiger partial charge in [0.1, 0.15) is 18.4 Å². The first-order valence-corrected chi connectivity index (χ1v) is 11.4. The molecule has 2 aliphatic heterocycles. The first kappa shape index (κ1) is 21.0. The molecule has 1 unspecified atom stereocenters. The van der Waals surface area contributed by atoms with Crippen LogP contribution in [-0.4, -0.2) is 60.4 Å².